The highest BCUT2D eigenvalue weighted by Gasteiger charge is 2.24. The van der Waals surface area contributed by atoms with Crippen LogP contribution in [0.4, 0.5) is 10.1 Å². The van der Waals surface area contributed by atoms with Crippen molar-refractivity contribution >= 4 is 17.5 Å². The number of hydrogen-bond acceptors (Lipinski definition) is 4. The Balaban J connectivity index is 1.56. The van der Waals surface area contributed by atoms with Crippen LogP contribution < -0.4 is 9.64 Å². The van der Waals surface area contributed by atoms with E-state index in [-0.39, 0.29) is 24.2 Å². The van der Waals surface area contributed by atoms with E-state index in [0.29, 0.717) is 38.4 Å². The van der Waals surface area contributed by atoms with Crippen molar-refractivity contribution in [2.75, 3.05) is 44.7 Å². The fraction of sp³-hybridized carbons (Fsp3) is 0.364. The molecule has 0 N–H and O–H groups in total. The number of piperazine rings is 1. The summed E-state index contributed by atoms with van der Waals surface area (Å²) < 4.78 is 19.1. The Hall–Kier alpha value is -3.09. The van der Waals surface area contributed by atoms with Gasteiger partial charge in [0.25, 0.3) is 0 Å². The fourth-order valence-electron chi connectivity index (χ4n) is 3.40. The molecule has 1 heterocycles. The number of para-hydroxylation sites is 1. The first kappa shape index (κ1) is 20.6. The standard InChI is InChI=1S/C22H26FN3O3/c1-17(27)26(15-18-7-9-19(29-2)10-8-18)16-22(28)25-13-11-24(12-14-25)21-6-4-3-5-20(21)23/h3-10H,11-16H2,1-2H3. The van der Waals surface area contributed by atoms with Crippen LogP contribution in [0.25, 0.3) is 0 Å². The number of benzene rings is 2. The van der Waals surface area contributed by atoms with Crippen LogP contribution in [0.1, 0.15) is 12.5 Å². The number of rotatable bonds is 6. The number of halogens is 1. The van der Waals surface area contributed by atoms with E-state index in [0.717, 1.165) is 11.3 Å². The van der Waals surface area contributed by atoms with Gasteiger partial charge in [-0.15, -0.1) is 0 Å². The molecule has 6 nitrogen and oxygen atoms in total. The number of ether oxygens (including phenoxy) is 1. The van der Waals surface area contributed by atoms with Gasteiger partial charge in [-0.2, -0.15) is 0 Å². The average Bonchev–Trinajstić information content (AvgIpc) is 2.74. The highest BCUT2D eigenvalue weighted by Crippen LogP contribution is 2.20. The Morgan fingerprint density at radius 3 is 2.28 bits per heavy atom. The molecule has 1 aliphatic heterocycles. The van der Waals surface area contributed by atoms with E-state index in [4.69, 9.17) is 4.74 Å². The van der Waals surface area contributed by atoms with E-state index in [2.05, 4.69) is 0 Å². The average molecular weight is 399 g/mol. The molecule has 0 atom stereocenters. The molecule has 2 amide bonds. The van der Waals surface area contributed by atoms with Crippen molar-refractivity contribution in [2.24, 2.45) is 0 Å². The molecule has 2 aromatic rings. The number of anilines is 1. The van der Waals surface area contributed by atoms with Crippen molar-refractivity contribution < 1.29 is 18.7 Å². The van der Waals surface area contributed by atoms with E-state index in [1.54, 1.807) is 30.2 Å². The molecule has 0 aromatic heterocycles. The molecule has 0 bridgehead atoms. The lowest BCUT2D eigenvalue weighted by atomic mass is 10.2. The van der Waals surface area contributed by atoms with Gasteiger partial charge in [0.2, 0.25) is 11.8 Å². The zero-order chi connectivity index (χ0) is 20.8. The minimum absolute atomic E-state index is 0.0288. The van der Waals surface area contributed by atoms with E-state index in [1.165, 1.54) is 17.9 Å². The van der Waals surface area contributed by atoms with Gasteiger partial charge in [0.05, 0.1) is 12.8 Å². The van der Waals surface area contributed by atoms with Gasteiger partial charge in [0.15, 0.2) is 0 Å². The molecule has 0 aliphatic carbocycles. The first-order chi connectivity index (χ1) is 14.0. The third kappa shape index (κ3) is 5.25. The van der Waals surface area contributed by atoms with Gasteiger partial charge < -0.3 is 19.4 Å². The fourth-order valence-corrected chi connectivity index (χ4v) is 3.40. The van der Waals surface area contributed by atoms with E-state index < -0.39 is 0 Å². The van der Waals surface area contributed by atoms with E-state index >= 15 is 0 Å². The Bertz CT molecular complexity index is 849. The van der Waals surface area contributed by atoms with Crippen LogP contribution in [-0.2, 0) is 16.1 Å². The van der Waals surface area contributed by atoms with E-state index in [9.17, 15) is 14.0 Å². The number of methoxy groups -OCH3 is 1. The summed E-state index contributed by atoms with van der Waals surface area (Å²) in [6, 6.07) is 14.1. The number of carbonyl (C=O) groups excluding carboxylic acids is 2. The van der Waals surface area contributed by atoms with Crippen molar-refractivity contribution in [1.29, 1.82) is 0 Å². The highest BCUT2D eigenvalue weighted by atomic mass is 19.1. The van der Waals surface area contributed by atoms with Crippen molar-refractivity contribution in [1.82, 2.24) is 9.80 Å². The monoisotopic (exact) mass is 399 g/mol. The van der Waals surface area contributed by atoms with Gasteiger partial charge in [-0.3, -0.25) is 9.59 Å². The largest absolute Gasteiger partial charge is 0.497 e. The summed E-state index contributed by atoms with van der Waals surface area (Å²) in [6.07, 6.45) is 0. The Kier molecular flexibility index (Phi) is 6.69. The zero-order valence-electron chi connectivity index (χ0n) is 16.8. The second kappa shape index (κ2) is 9.41. The maximum absolute atomic E-state index is 14.0. The van der Waals surface area contributed by atoms with Crippen LogP contribution in [0.5, 0.6) is 5.75 Å². The number of nitrogens with zero attached hydrogens (tertiary/aromatic N) is 3. The Morgan fingerprint density at radius 1 is 1.03 bits per heavy atom. The van der Waals surface area contributed by atoms with Gasteiger partial charge in [0, 0.05) is 39.6 Å². The van der Waals surface area contributed by atoms with Gasteiger partial charge in [0.1, 0.15) is 18.1 Å². The summed E-state index contributed by atoms with van der Waals surface area (Å²) in [7, 11) is 1.60. The molecule has 2 aromatic carbocycles. The SMILES string of the molecule is COc1ccc(CN(CC(=O)N2CCN(c3ccccc3F)CC2)C(C)=O)cc1. The van der Waals surface area contributed by atoms with Crippen molar-refractivity contribution in [3.8, 4) is 5.75 Å². The normalized spacial score (nSPS) is 13.9. The van der Waals surface area contributed by atoms with Gasteiger partial charge in [-0.25, -0.2) is 4.39 Å². The molecular formula is C22H26FN3O3. The quantitative estimate of drug-likeness (QED) is 0.749. The van der Waals surface area contributed by atoms with Gasteiger partial charge in [-0.1, -0.05) is 24.3 Å². The molecular weight excluding hydrogens is 373 g/mol. The number of amides is 2. The first-order valence-corrected chi connectivity index (χ1v) is 9.63. The summed E-state index contributed by atoms with van der Waals surface area (Å²) in [4.78, 5) is 30.0. The zero-order valence-corrected chi connectivity index (χ0v) is 16.8. The molecule has 3 rings (SSSR count). The van der Waals surface area contributed by atoms with Crippen LogP contribution in [0, 0.1) is 5.82 Å². The predicted octanol–water partition coefficient (Wildman–Crippen LogP) is 2.53. The lowest BCUT2D eigenvalue weighted by Crippen LogP contribution is -2.51. The van der Waals surface area contributed by atoms with Gasteiger partial charge >= 0.3 is 0 Å². The van der Waals surface area contributed by atoms with Crippen molar-refractivity contribution in [2.45, 2.75) is 13.5 Å². The molecule has 1 saturated heterocycles. The molecule has 1 aliphatic rings. The van der Waals surface area contributed by atoms with Gasteiger partial charge in [-0.05, 0) is 29.8 Å². The minimum atomic E-state index is -0.255. The first-order valence-electron chi connectivity index (χ1n) is 9.63. The number of hydrogen-bond donors (Lipinski definition) is 0. The molecule has 0 unspecified atom stereocenters. The highest BCUT2D eigenvalue weighted by molar-refractivity contribution is 5.84. The lowest BCUT2D eigenvalue weighted by molar-refractivity contribution is -0.140. The maximum atomic E-state index is 14.0. The smallest absolute Gasteiger partial charge is 0.242 e. The number of carbonyl (C=O) groups is 2. The predicted molar refractivity (Wildman–Crippen MR) is 109 cm³/mol. The van der Waals surface area contributed by atoms with Crippen molar-refractivity contribution in [3.05, 3.63) is 59.9 Å². The molecule has 7 heteroatoms. The second-order valence-corrected chi connectivity index (χ2v) is 7.04. The third-order valence-electron chi connectivity index (χ3n) is 5.13. The summed E-state index contributed by atoms with van der Waals surface area (Å²) in [5.74, 6) is 0.238. The van der Waals surface area contributed by atoms with Crippen LogP contribution in [0.3, 0.4) is 0 Å². The second-order valence-electron chi connectivity index (χ2n) is 7.04. The summed E-state index contributed by atoms with van der Waals surface area (Å²) >= 11 is 0. The molecule has 29 heavy (non-hydrogen) atoms. The van der Waals surface area contributed by atoms with E-state index in [1.807, 2.05) is 29.2 Å². The van der Waals surface area contributed by atoms with Crippen LogP contribution in [0.2, 0.25) is 0 Å². The Labute approximate surface area is 170 Å². The third-order valence-corrected chi connectivity index (χ3v) is 5.13. The molecule has 1 fully saturated rings. The van der Waals surface area contributed by atoms with Crippen molar-refractivity contribution in [3.63, 3.8) is 0 Å². The summed E-state index contributed by atoms with van der Waals surface area (Å²) in [5.41, 5.74) is 1.49. The minimum Gasteiger partial charge on any atom is -0.497 e. The summed E-state index contributed by atoms with van der Waals surface area (Å²) in [5, 5.41) is 0. The van der Waals surface area contributed by atoms with Crippen LogP contribution in [-0.4, -0.2) is 61.4 Å². The molecule has 0 radical (unpaired) electrons. The van der Waals surface area contributed by atoms with Crippen LogP contribution >= 0.6 is 0 Å². The molecule has 0 saturated carbocycles. The Morgan fingerprint density at radius 2 is 1.69 bits per heavy atom. The summed E-state index contributed by atoms with van der Waals surface area (Å²) in [6.45, 7) is 3.98. The molecule has 154 valence electrons. The topological polar surface area (TPSA) is 53.1 Å². The molecule has 0 spiro atoms. The maximum Gasteiger partial charge on any atom is 0.242 e. The lowest BCUT2D eigenvalue weighted by Gasteiger charge is -2.37. The van der Waals surface area contributed by atoms with Crippen LogP contribution in [0.15, 0.2) is 48.5 Å².